The average Bonchev–Trinajstić information content (AvgIpc) is 2.59. The SMILES string of the molecule is CCNC(=NCC(C)N1CCOCC1)N(C)Cc1cccc(F)c1. The van der Waals surface area contributed by atoms with Crippen LogP contribution in [0.3, 0.4) is 0 Å². The van der Waals surface area contributed by atoms with Crippen LogP contribution in [0.4, 0.5) is 4.39 Å². The van der Waals surface area contributed by atoms with Crippen molar-refractivity contribution in [3.63, 3.8) is 0 Å². The van der Waals surface area contributed by atoms with Gasteiger partial charge in [-0.05, 0) is 31.5 Å². The van der Waals surface area contributed by atoms with Crippen molar-refractivity contribution in [1.82, 2.24) is 15.1 Å². The lowest BCUT2D eigenvalue weighted by Gasteiger charge is -2.32. The maximum Gasteiger partial charge on any atom is 0.194 e. The lowest BCUT2D eigenvalue weighted by molar-refractivity contribution is 0.0220. The molecule has 1 aromatic rings. The van der Waals surface area contributed by atoms with E-state index in [0.717, 1.165) is 50.9 Å². The Labute approximate surface area is 144 Å². The zero-order valence-electron chi connectivity index (χ0n) is 15.0. The molecule has 6 heteroatoms. The molecule has 1 heterocycles. The Bertz CT molecular complexity index is 532. The summed E-state index contributed by atoms with van der Waals surface area (Å²) in [7, 11) is 1.98. The van der Waals surface area contributed by atoms with Crippen molar-refractivity contribution >= 4 is 5.96 Å². The third-order valence-electron chi connectivity index (χ3n) is 4.18. The summed E-state index contributed by atoms with van der Waals surface area (Å²) in [4.78, 5) is 9.20. The highest BCUT2D eigenvalue weighted by Crippen LogP contribution is 2.07. The van der Waals surface area contributed by atoms with Gasteiger partial charge in [0.15, 0.2) is 5.96 Å². The molecule has 0 radical (unpaired) electrons. The molecule has 1 aromatic carbocycles. The van der Waals surface area contributed by atoms with Crippen LogP contribution in [0.1, 0.15) is 19.4 Å². The van der Waals surface area contributed by atoms with Crippen molar-refractivity contribution in [3.05, 3.63) is 35.6 Å². The molecule has 24 heavy (non-hydrogen) atoms. The molecule has 2 rings (SSSR count). The number of aliphatic imine (C=N–C) groups is 1. The van der Waals surface area contributed by atoms with Crippen LogP contribution >= 0.6 is 0 Å². The Kier molecular flexibility index (Phi) is 7.46. The van der Waals surface area contributed by atoms with E-state index in [0.29, 0.717) is 12.6 Å². The van der Waals surface area contributed by atoms with Gasteiger partial charge in [0, 0.05) is 39.3 Å². The van der Waals surface area contributed by atoms with Gasteiger partial charge in [-0.2, -0.15) is 0 Å². The number of hydrogen-bond acceptors (Lipinski definition) is 3. The van der Waals surface area contributed by atoms with E-state index >= 15 is 0 Å². The highest BCUT2D eigenvalue weighted by molar-refractivity contribution is 5.79. The second-order valence-electron chi connectivity index (χ2n) is 6.18. The molecule has 5 nitrogen and oxygen atoms in total. The molecule has 1 unspecified atom stereocenters. The van der Waals surface area contributed by atoms with E-state index in [1.54, 1.807) is 12.1 Å². The van der Waals surface area contributed by atoms with Crippen molar-refractivity contribution in [3.8, 4) is 0 Å². The van der Waals surface area contributed by atoms with E-state index < -0.39 is 0 Å². The molecule has 0 aromatic heterocycles. The summed E-state index contributed by atoms with van der Waals surface area (Å²) in [5.74, 6) is 0.644. The molecule has 0 bridgehead atoms. The molecule has 1 atom stereocenters. The molecule has 1 N–H and O–H groups in total. The number of hydrogen-bond donors (Lipinski definition) is 1. The number of benzene rings is 1. The number of nitrogens with one attached hydrogen (secondary N) is 1. The third-order valence-corrected chi connectivity index (χ3v) is 4.18. The van der Waals surface area contributed by atoms with Gasteiger partial charge in [-0.3, -0.25) is 9.89 Å². The minimum atomic E-state index is -0.205. The molecular weight excluding hydrogens is 307 g/mol. The van der Waals surface area contributed by atoms with E-state index in [-0.39, 0.29) is 5.82 Å². The van der Waals surface area contributed by atoms with Gasteiger partial charge in [0.1, 0.15) is 5.82 Å². The number of nitrogens with zero attached hydrogens (tertiary/aromatic N) is 3. The second-order valence-corrected chi connectivity index (χ2v) is 6.18. The standard InChI is InChI=1S/C18H29FN4O/c1-4-20-18(21-13-15(2)23-8-10-24-11-9-23)22(3)14-16-6-5-7-17(19)12-16/h5-7,12,15H,4,8-11,13-14H2,1-3H3,(H,20,21). The third kappa shape index (κ3) is 5.76. The van der Waals surface area contributed by atoms with Crippen molar-refractivity contribution in [1.29, 1.82) is 0 Å². The van der Waals surface area contributed by atoms with Crippen molar-refractivity contribution in [2.45, 2.75) is 26.4 Å². The summed E-state index contributed by atoms with van der Waals surface area (Å²) < 4.78 is 18.7. The van der Waals surface area contributed by atoms with E-state index in [1.165, 1.54) is 6.07 Å². The number of morpholine rings is 1. The second kappa shape index (κ2) is 9.59. The van der Waals surface area contributed by atoms with Crippen LogP contribution in [0.25, 0.3) is 0 Å². The van der Waals surface area contributed by atoms with Gasteiger partial charge >= 0.3 is 0 Å². The van der Waals surface area contributed by atoms with Crippen LogP contribution < -0.4 is 5.32 Å². The quantitative estimate of drug-likeness (QED) is 0.637. The first-order valence-corrected chi connectivity index (χ1v) is 8.66. The maximum atomic E-state index is 13.3. The van der Waals surface area contributed by atoms with Crippen LogP contribution in [-0.4, -0.2) is 68.2 Å². The molecule has 1 aliphatic heterocycles. The molecular formula is C18H29FN4O. The summed E-state index contributed by atoms with van der Waals surface area (Å²) in [6.07, 6.45) is 0. The number of rotatable bonds is 6. The van der Waals surface area contributed by atoms with Gasteiger partial charge in [-0.25, -0.2) is 4.39 Å². The highest BCUT2D eigenvalue weighted by atomic mass is 19.1. The molecule has 1 saturated heterocycles. The van der Waals surface area contributed by atoms with Crippen LogP contribution in [-0.2, 0) is 11.3 Å². The summed E-state index contributed by atoms with van der Waals surface area (Å²) in [5.41, 5.74) is 0.935. The number of ether oxygens (including phenoxy) is 1. The predicted octanol–water partition coefficient (Wildman–Crippen LogP) is 1.94. The summed E-state index contributed by atoms with van der Waals surface area (Å²) >= 11 is 0. The van der Waals surface area contributed by atoms with Gasteiger partial charge in [-0.15, -0.1) is 0 Å². The van der Waals surface area contributed by atoms with E-state index in [4.69, 9.17) is 9.73 Å². The van der Waals surface area contributed by atoms with Crippen LogP contribution in [0.2, 0.25) is 0 Å². The molecule has 0 spiro atoms. The highest BCUT2D eigenvalue weighted by Gasteiger charge is 2.17. The van der Waals surface area contributed by atoms with Crippen LogP contribution in [0.15, 0.2) is 29.3 Å². The van der Waals surface area contributed by atoms with Gasteiger partial charge in [0.05, 0.1) is 19.8 Å². The normalized spacial score (nSPS) is 17.6. The first-order valence-electron chi connectivity index (χ1n) is 8.66. The lowest BCUT2D eigenvalue weighted by atomic mass is 10.2. The van der Waals surface area contributed by atoms with E-state index in [1.807, 2.05) is 18.0 Å². The fraction of sp³-hybridized carbons (Fsp3) is 0.611. The fourth-order valence-corrected chi connectivity index (χ4v) is 2.81. The van der Waals surface area contributed by atoms with Crippen molar-refractivity contribution in [2.24, 2.45) is 4.99 Å². The first kappa shape index (κ1) is 18.7. The van der Waals surface area contributed by atoms with Gasteiger partial charge in [0.25, 0.3) is 0 Å². The van der Waals surface area contributed by atoms with Gasteiger partial charge < -0.3 is 15.0 Å². The van der Waals surface area contributed by atoms with Crippen molar-refractivity contribution < 1.29 is 9.13 Å². The largest absolute Gasteiger partial charge is 0.379 e. The van der Waals surface area contributed by atoms with E-state index in [9.17, 15) is 4.39 Å². The molecule has 1 fully saturated rings. The summed E-state index contributed by atoms with van der Waals surface area (Å²) in [6, 6.07) is 7.08. The predicted molar refractivity (Wildman–Crippen MR) is 95.7 cm³/mol. The Morgan fingerprint density at radius 1 is 1.42 bits per heavy atom. The van der Waals surface area contributed by atoms with Gasteiger partial charge in [0.2, 0.25) is 0 Å². The Morgan fingerprint density at radius 2 is 2.17 bits per heavy atom. The molecule has 0 amide bonds. The Hall–Kier alpha value is -1.66. The number of halogens is 1. The molecule has 134 valence electrons. The zero-order chi connectivity index (χ0) is 17.4. The van der Waals surface area contributed by atoms with Gasteiger partial charge in [-0.1, -0.05) is 12.1 Å². The average molecular weight is 336 g/mol. The Morgan fingerprint density at radius 3 is 2.83 bits per heavy atom. The maximum absolute atomic E-state index is 13.3. The smallest absolute Gasteiger partial charge is 0.194 e. The minimum absolute atomic E-state index is 0.205. The van der Waals surface area contributed by atoms with Crippen LogP contribution in [0.5, 0.6) is 0 Å². The lowest BCUT2D eigenvalue weighted by Crippen LogP contribution is -2.44. The molecule has 0 aliphatic carbocycles. The van der Waals surface area contributed by atoms with E-state index in [2.05, 4.69) is 24.1 Å². The first-order chi connectivity index (χ1) is 11.6. The van der Waals surface area contributed by atoms with Crippen LogP contribution in [0, 0.1) is 5.82 Å². The number of guanidine groups is 1. The molecule has 0 saturated carbocycles. The Balaban J connectivity index is 1.95. The summed E-state index contributed by atoms with van der Waals surface area (Å²) in [6.45, 7) is 9.94. The topological polar surface area (TPSA) is 40.1 Å². The fourth-order valence-electron chi connectivity index (χ4n) is 2.81. The summed E-state index contributed by atoms with van der Waals surface area (Å²) in [5, 5.41) is 3.31. The monoisotopic (exact) mass is 336 g/mol. The zero-order valence-corrected chi connectivity index (χ0v) is 15.0. The molecule has 1 aliphatic rings. The minimum Gasteiger partial charge on any atom is -0.379 e. The van der Waals surface area contributed by atoms with Crippen molar-refractivity contribution in [2.75, 3.05) is 46.4 Å².